The Morgan fingerprint density at radius 3 is 2.52 bits per heavy atom. The number of carbonyl (C=O) groups excluding carboxylic acids is 1. The van der Waals surface area contributed by atoms with Crippen molar-refractivity contribution in [3.63, 3.8) is 0 Å². The number of halogens is 1. The zero-order valence-electron chi connectivity index (χ0n) is 15.9. The minimum Gasteiger partial charge on any atom is -0.331 e. The third-order valence-corrected chi connectivity index (χ3v) is 7.16. The Kier molecular flexibility index (Phi) is 4.51. The average Bonchev–Trinajstić information content (AvgIpc) is 3.13. The fraction of sp³-hybridized carbons (Fsp3) is 0.500. The Hall–Kier alpha value is -2.19. The molecule has 152 valence electrons. The van der Waals surface area contributed by atoms with Crippen LogP contribution in [0.25, 0.3) is 0 Å². The van der Waals surface area contributed by atoms with Gasteiger partial charge in [-0.2, -0.15) is 0 Å². The highest BCUT2D eigenvalue weighted by atomic mass is 35.5. The number of hydrogen-bond donors (Lipinski definition) is 3. The number of nitrogens with zero attached hydrogens (tertiary/aromatic N) is 3. The van der Waals surface area contributed by atoms with Crippen molar-refractivity contribution in [2.45, 2.75) is 44.1 Å². The van der Waals surface area contributed by atoms with Crippen molar-refractivity contribution in [3.05, 3.63) is 41.9 Å². The van der Waals surface area contributed by atoms with Crippen LogP contribution in [0.3, 0.4) is 0 Å². The van der Waals surface area contributed by atoms with Gasteiger partial charge in [0.15, 0.2) is 5.11 Å². The molecule has 4 aliphatic carbocycles. The fourth-order valence-electron chi connectivity index (χ4n) is 6.15. The molecule has 1 aromatic heterocycles. The first kappa shape index (κ1) is 18.8. The predicted octanol–water partition coefficient (Wildman–Crippen LogP) is 3.24. The number of amides is 1. The van der Waals surface area contributed by atoms with Crippen LogP contribution in [0.15, 0.2) is 36.7 Å². The van der Waals surface area contributed by atoms with Crippen LogP contribution in [-0.2, 0) is 10.3 Å². The molecule has 9 heteroatoms. The first-order valence-corrected chi connectivity index (χ1v) is 10.8. The number of hydrazine groups is 1. The van der Waals surface area contributed by atoms with E-state index in [1.165, 1.54) is 6.42 Å². The van der Waals surface area contributed by atoms with Gasteiger partial charge in [-0.1, -0.05) is 18.2 Å². The average molecular weight is 431 g/mol. The summed E-state index contributed by atoms with van der Waals surface area (Å²) in [7, 11) is 0. The van der Waals surface area contributed by atoms with Crippen molar-refractivity contribution in [1.82, 2.24) is 25.6 Å². The molecule has 4 saturated carbocycles. The van der Waals surface area contributed by atoms with Crippen LogP contribution in [0.2, 0.25) is 5.28 Å². The highest BCUT2D eigenvalue weighted by molar-refractivity contribution is 7.80. The van der Waals surface area contributed by atoms with Crippen LogP contribution in [-0.4, -0.2) is 25.8 Å². The lowest BCUT2D eigenvalue weighted by Crippen LogP contribution is -2.62. The van der Waals surface area contributed by atoms with Crippen LogP contribution < -0.4 is 16.2 Å². The van der Waals surface area contributed by atoms with Gasteiger partial charge in [-0.25, -0.2) is 9.67 Å². The van der Waals surface area contributed by atoms with Gasteiger partial charge in [0.05, 0.1) is 11.0 Å². The number of anilines is 1. The molecule has 3 N–H and O–H groups in total. The number of aromatic nitrogens is 3. The maximum atomic E-state index is 13.3. The number of nitrogens with one attached hydrogen (secondary N) is 3. The molecule has 1 amide bonds. The zero-order valence-corrected chi connectivity index (χ0v) is 17.5. The summed E-state index contributed by atoms with van der Waals surface area (Å²) in [5, 5.41) is 8.11. The van der Waals surface area contributed by atoms with Gasteiger partial charge in [-0.15, -0.1) is 5.10 Å². The third kappa shape index (κ3) is 3.38. The van der Waals surface area contributed by atoms with Crippen LogP contribution in [0.4, 0.5) is 5.69 Å². The Balaban J connectivity index is 1.30. The molecule has 4 bridgehead atoms. The lowest BCUT2D eigenvalue weighted by molar-refractivity contribution is -0.156. The van der Waals surface area contributed by atoms with Gasteiger partial charge in [0.1, 0.15) is 6.33 Å². The molecule has 0 aliphatic heterocycles. The summed E-state index contributed by atoms with van der Waals surface area (Å²) in [6.07, 6.45) is 7.59. The van der Waals surface area contributed by atoms with Gasteiger partial charge in [0.2, 0.25) is 11.2 Å². The number of para-hydroxylation sites is 1. The molecule has 4 fully saturated rings. The highest BCUT2D eigenvalue weighted by Gasteiger charge is 2.61. The van der Waals surface area contributed by atoms with E-state index < -0.39 is 5.41 Å². The summed E-state index contributed by atoms with van der Waals surface area (Å²) in [6, 6.07) is 9.63. The van der Waals surface area contributed by atoms with Crippen molar-refractivity contribution < 1.29 is 4.79 Å². The van der Waals surface area contributed by atoms with Gasteiger partial charge < -0.3 is 5.32 Å². The summed E-state index contributed by atoms with van der Waals surface area (Å²) in [4.78, 5) is 17.4. The molecule has 7 nitrogen and oxygen atoms in total. The summed E-state index contributed by atoms with van der Waals surface area (Å²) >= 11 is 11.3. The SMILES string of the molecule is O=C(NNC(=S)Nc1ccccc1)C12C[C@H]3C[C@H](C1)CC(n1cnc(Cl)n1)(C3)C2. The van der Waals surface area contributed by atoms with Crippen molar-refractivity contribution in [2.24, 2.45) is 17.3 Å². The third-order valence-electron chi connectivity index (χ3n) is 6.78. The maximum absolute atomic E-state index is 13.3. The van der Waals surface area contributed by atoms with Crippen molar-refractivity contribution in [1.29, 1.82) is 0 Å². The Morgan fingerprint density at radius 2 is 1.86 bits per heavy atom. The van der Waals surface area contributed by atoms with E-state index in [0.717, 1.165) is 37.8 Å². The second-order valence-electron chi connectivity index (χ2n) is 8.82. The molecule has 1 heterocycles. The molecule has 4 aliphatic rings. The Morgan fingerprint density at radius 1 is 1.14 bits per heavy atom. The molecular weight excluding hydrogens is 408 g/mol. The molecule has 0 radical (unpaired) electrons. The van der Waals surface area contributed by atoms with Crippen molar-refractivity contribution in [2.75, 3.05) is 5.32 Å². The van der Waals surface area contributed by atoms with E-state index in [1.54, 1.807) is 6.33 Å². The molecule has 29 heavy (non-hydrogen) atoms. The molecule has 2 aromatic rings. The normalized spacial score (nSPS) is 32.0. The van der Waals surface area contributed by atoms with Crippen molar-refractivity contribution >= 4 is 40.5 Å². The Bertz CT molecular complexity index is 933. The topological polar surface area (TPSA) is 83.9 Å². The van der Waals surface area contributed by atoms with Gasteiger partial charge in [0, 0.05) is 5.69 Å². The van der Waals surface area contributed by atoms with Gasteiger partial charge in [-0.05, 0) is 86.3 Å². The summed E-state index contributed by atoms with van der Waals surface area (Å²) in [5.74, 6) is 1.07. The molecule has 0 spiro atoms. The molecule has 0 saturated heterocycles. The standard InChI is InChI=1S/C20H23ClN6OS/c21-17-22-12-27(26-17)20-9-13-6-14(10-20)8-19(7-13,11-20)16(28)24-25-18(29)23-15-4-2-1-3-5-15/h1-5,12-14H,6-11H2,(H,24,28)(H2,23,25,29)/t13-,14-,19?,20?/m1/s1. The molecule has 1 aromatic carbocycles. The predicted molar refractivity (Wildman–Crippen MR) is 114 cm³/mol. The lowest BCUT2D eigenvalue weighted by Gasteiger charge is -2.60. The van der Waals surface area contributed by atoms with Gasteiger partial charge in [0.25, 0.3) is 0 Å². The van der Waals surface area contributed by atoms with E-state index in [9.17, 15) is 4.79 Å². The van der Waals surface area contributed by atoms with E-state index in [0.29, 0.717) is 16.9 Å². The first-order valence-electron chi connectivity index (χ1n) is 9.97. The smallest absolute Gasteiger partial charge is 0.244 e. The Labute approximate surface area is 179 Å². The molecule has 0 unspecified atom stereocenters. The molecule has 2 atom stereocenters. The second-order valence-corrected chi connectivity index (χ2v) is 9.57. The first-order chi connectivity index (χ1) is 14.0. The number of thiocarbonyl (C=S) groups is 1. The zero-order chi connectivity index (χ0) is 20.1. The number of rotatable bonds is 3. The summed E-state index contributed by atoms with van der Waals surface area (Å²) < 4.78 is 1.92. The van der Waals surface area contributed by atoms with Crippen LogP contribution in [0, 0.1) is 17.3 Å². The minimum absolute atomic E-state index is 0.0133. The van der Waals surface area contributed by atoms with Crippen LogP contribution >= 0.6 is 23.8 Å². The summed E-state index contributed by atoms with van der Waals surface area (Å²) in [5.41, 5.74) is 6.05. The van der Waals surface area contributed by atoms with Gasteiger partial charge in [-0.3, -0.25) is 15.6 Å². The van der Waals surface area contributed by atoms with E-state index in [1.807, 2.05) is 35.0 Å². The van der Waals surface area contributed by atoms with E-state index >= 15 is 0 Å². The number of hydrogen-bond acceptors (Lipinski definition) is 4. The van der Waals surface area contributed by atoms with E-state index in [-0.39, 0.29) is 16.7 Å². The summed E-state index contributed by atoms with van der Waals surface area (Å²) in [6.45, 7) is 0. The number of carbonyl (C=O) groups is 1. The van der Waals surface area contributed by atoms with Crippen LogP contribution in [0.1, 0.15) is 38.5 Å². The number of benzene rings is 1. The quantitative estimate of drug-likeness (QED) is 0.512. The molecular formula is C20H23ClN6OS. The van der Waals surface area contributed by atoms with E-state index in [4.69, 9.17) is 23.8 Å². The van der Waals surface area contributed by atoms with E-state index in [2.05, 4.69) is 26.3 Å². The maximum Gasteiger partial charge on any atom is 0.244 e. The van der Waals surface area contributed by atoms with Crippen molar-refractivity contribution in [3.8, 4) is 0 Å². The van der Waals surface area contributed by atoms with Crippen LogP contribution in [0.5, 0.6) is 0 Å². The highest BCUT2D eigenvalue weighted by Crippen LogP contribution is 2.64. The second kappa shape index (κ2) is 6.95. The monoisotopic (exact) mass is 430 g/mol. The largest absolute Gasteiger partial charge is 0.331 e. The van der Waals surface area contributed by atoms with Gasteiger partial charge >= 0.3 is 0 Å². The molecule has 6 rings (SSSR count). The lowest BCUT2D eigenvalue weighted by atomic mass is 9.46. The fourth-order valence-corrected chi connectivity index (χ4v) is 6.44. The minimum atomic E-state index is -0.405.